The fraction of sp³-hybridized carbons (Fsp3) is 0.375. The molecule has 0 radical (unpaired) electrons. The van der Waals surface area contributed by atoms with Crippen LogP contribution in [0.2, 0.25) is 0 Å². The molecule has 124 valence electrons. The first-order valence-electron chi connectivity index (χ1n) is 7.36. The summed E-state index contributed by atoms with van der Waals surface area (Å²) < 4.78 is 43.8. The van der Waals surface area contributed by atoms with Crippen molar-refractivity contribution in [1.29, 1.82) is 0 Å². The van der Waals surface area contributed by atoms with Crippen molar-refractivity contribution in [1.82, 2.24) is 4.72 Å². The summed E-state index contributed by atoms with van der Waals surface area (Å²) >= 11 is 0. The average molecular weight is 337 g/mol. The molecule has 1 heterocycles. The summed E-state index contributed by atoms with van der Waals surface area (Å²) in [6.07, 6.45) is 4.09. The van der Waals surface area contributed by atoms with Gasteiger partial charge in [-0.2, -0.15) is 0 Å². The van der Waals surface area contributed by atoms with Crippen LogP contribution in [-0.4, -0.2) is 22.6 Å². The molecule has 1 aliphatic carbocycles. The number of ether oxygens (including phenoxy) is 2. The van der Waals surface area contributed by atoms with E-state index in [1.165, 1.54) is 26.4 Å². The number of hydrogen-bond acceptors (Lipinski definition) is 5. The zero-order chi connectivity index (χ0) is 16.4. The highest BCUT2D eigenvalue weighted by atomic mass is 32.2. The Morgan fingerprint density at radius 2 is 1.96 bits per heavy atom. The second-order valence-corrected chi connectivity index (χ2v) is 7.10. The maximum atomic E-state index is 12.7. The number of sulfonamides is 1. The van der Waals surface area contributed by atoms with Crippen molar-refractivity contribution in [2.75, 3.05) is 14.2 Å². The summed E-state index contributed by atoms with van der Waals surface area (Å²) in [7, 11) is -0.686. The topological polar surface area (TPSA) is 77.8 Å². The van der Waals surface area contributed by atoms with E-state index in [1.807, 2.05) is 6.07 Å². The van der Waals surface area contributed by atoms with E-state index in [0.717, 1.165) is 30.6 Å². The van der Waals surface area contributed by atoms with Gasteiger partial charge in [-0.25, -0.2) is 13.1 Å². The molecule has 1 N–H and O–H groups in total. The van der Waals surface area contributed by atoms with Gasteiger partial charge in [0.25, 0.3) is 0 Å². The van der Waals surface area contributed by atoms with Crippen molar-refractivity contribution in [3.05, 3.63) is 41.9 Å². The fourth-order valence-corrected chi connectivity index (χ4v) is 4.11. The minimum Gasteiger partial charge on any atom is -0.493 e. The van der Waals surface area contributed by atoms with Crippen LogP contribution < -0.4 is 14.2 Å². The van der Waals surface area contributed by atoms with Crippen molar-refractivity contribution in [2.45, 2.75) is 30.2 Å². The molecule has 1 aromatic carbocycles. The SMILES string of the molecule is COc1ccc(S(=O)(=O)NC2CCCc3occc32)cc1OC. The molecule has 3 rings (SSSR count). The van der Waals surface area contributed by atoms with Gasteiger partial charge in [-0.1, -0.05) is 0 Å². The van der Waals surface area contributed by atoms with Crippen molar-refractivity contribution >= 4 is 10.0 Å². The third-order valence-electron chi connectivity index (χ3n) is 4.01. The molecular formula is C16H19NO5S. The minimum absolute atomic E-state index is 0.144. The first-order chi connectivity index (χ1) is 11.0. The number of nitrogens with one attached hydrogen (secondary N) is 1. The normalized spacial score (nSPS) is 17.6. The highest BCUT2D eigenvalue weighted by Crippen LogP contribution is 2.33. The number of rotatable bonds is 5. The lowest BCUT2D eigenvalue weighted by atomic mass is 9.94. The second kappa shape index (κ2) is 6.25. The second-order valence-electron chi connectivity index (χ2n) is 5.38. The lowest BCUT2D eigenvalue weighted by Gasteiger charge is -2.22. The van der Waals surface area contributed by atoms with Gasteiger partial charge in [0.1, 0.15) is 5.76 Å². The van der Waals surface area contributed by atoms with E-state index < -0.39 is 10.0 Å². The third-order valence-corrected chi connectivity index (χ3v) is 5.48. The Kier molecular flexibility index (Phi) is 4.32. The predicted octanol–water partition coefficient (Wildman–Crippen LogP) is 2.65. The zero-order valence-corrected chi connectivity index (χ0v) is 13.9. The molecular weight excluding hydrogens is 318 g/mol. The number of methoxy groups -OCH3 is 2. The fourth-order valence-electron chi connectivity index (χ4n) is 2.85. The molecule has 1 atom stereocenters. The van der Waals surface area contributed by atoms with Crippen LogP contribution in [0.4, 0.5) is 0 Å². The predicted molar refractivity (Wildman–Crippen MR) is 84.3 cm³/mol. The minimum atomic E-state index is -3.67. The van der Waals surface area contributed by atoms with Gasteiger partial charge in [0.15, 0.2) is 11.5 Å². The molecule has 1 unspecified atom stereocenters. The Hall–Kier alpha value is -1.99. The van der Waals surface area contributed by atoms with Crippen LogP contribution >= 0.6 is 0 Å². The van der Waals surface area contributed by atoms with Gasteiger partial charge < -0.3 is 13.9 Å². The van der Waals surface area contributed by atoms with Gasteiger partial charge in [-0.3, -0.25) is 0 Å². The van der Waals surface area contributed by atoms with Crippen LogP contribution in [0, 0.1) is 0 Å². The van der Waals surface area contributed by atoms with Crippen LogP contribution in [0.15, 0.2) is 39.8 Å². The van der Waals surface area contributed by atoms with E-state index in [1.54, 1.807) is 12.3 Å². The smallest absolute Gasteiger partial charge is 0.241 e. The molecule has 1 aliphatic rings. The molecule has 0 bridgehead atoms. The first-order valence-corrected chi connectivity index (χ1v) is 8.84. The van der Waals surface area contributed by atoms with Crippen LogP contribution in [0.3, 0.4) is 0 Å². The summed E-state index contributed by atoms with van der Waals surface area (Å²) in [5, 5.41) is 0. The lowest BCUT2D eigenvalue weighted by Crippen LogP contribution is -2.30. The van der Waals surface area contributed by atoms with Crippen molar-refractivity contribution in [3.8, 4) is 11.5 Å². The Morgan fingerprint density at radius 3 is 2.70 bits per heavy atom. The molecule has 0 fully saturated rings. The quantitative estimate of drug-likeness (QED) is 0.907. The monoisotopic (exact) mass is 337 g/mol. The number of furan rings is 1. The molecule has 7 heteroatoms. The van der Waals surface area contributed by atoms with E-state index >= 15 is 0 Å². The van der Waals surface area contributed by atoms with E-state index in [2.05, 4.69) is 4.72 Å². The van der Waals surface area contributed by atoms with Gasteiger partial charge in [-0.05, 0) is 31.0 Å². The van der Waals surface area contributed by atoms with Crippen LogP contribution in [-0.2, 0) is 16.4 Å². The highest BCUT2D eigenvalue weighted by molar-refractivity contribution is 7.89. The zero-order valence-electron chi connectivity index (χ0n) is 13.0. The van der Waals surface area contributed by atoms with E-state index in [-0.39, 0.29) is 10.9 Å². The molecule has 0 saturated heterocycles. The Balaban J connectivity index is 1.89. The van der Waals surface area contributed by atoms with Gasteiger partial charge in [0, 0.05) is 18.1 Å². The first kappa shape index (κ1) is 15.9. The van der Waals surface area contributed by atoms with Gasteiger partial charge in [0.2, 0.25) is 10.0 Å². The van der Waals surface area contributed by atoms with Crippen molar-refractivity contribution in [2.24, 2.45) is 0 Å². The molecule has 1 aromatic heterocycles. The Morgan fingerprint density at radius 1 is 1.17 bits per heavy atom. The highest BCUT2D eigenvalue weighted by Gasteiger charge is 2.28. The Labute approximate surface area is 135 Å². The number of hydrogen-bond donors (Lipinski definition) is 1. The van der Waals surface area contributed by atoms with Gasteiger partial charge in [-0.15, -0.1) is 0 Å². The summed E-state index contributed by atoms with van der Waals surface area (Å²) in [5.41, 5.74) is 0.917. The van der Waals surface area contributed by atoms with Gasteiger partial charge >= 0.3 is 0 Å². The maximum Gasteiger partial charge on any atom is 0.241 e. The summed E-state index contributed by atoms with van der Waals surface area (Å²) in [5.74, 6) is 1.72. The van der Waals surface area contributed by atoms with E-state index in [4.69, 9.17) is 13.9 Å². The van der Waals surface area contributed by atoms with E-state index in [9.17, 15) is 8.42 Å². The van der Waals surface area contributed by atoms with Crippen LogP contribution in [0.25, 0.3) is 0 Å². The molecule has 0 amide bonds. The lowest BCUT2D eigenvalue weighted by molar-refractivity contribution is 0.354. The summed E-state index contributed by atoms with van der Waals surface area (Å²) in [6, 6.07) is 6.10. The number of benzene rings is 1. The van der Waals surface area contributed by atoms with Crippen LogP contribution in [0.5, 0.6) is 11.5 Å². The van der Waals surface area contributed by atoms with E-state index in [0.29, 0.717) is 11.5 Å². The average Bonchev–Trinajstić information content (AvgIpc) is 3.03. The standard InChI is InChI=1S/C16H19NO5S/c1-20-15-7-6-11(10-16(15)21-2)23(18,19)17-13-4-3-5-14-12(13)8-9-22-14/h6-10,13,17H,3-5H2,1-2H3. The van der Waals surface area contributed by atoms with Crippen molar-refractivity contribution in [3.63, 3.8) is 0 Å². The van der Waals surface area contributed by atoms with Gasteiger partial charge in [0.05, 0.1) is 31.4 Å². The molecule has 0 aliphatic heterocycles. The molecule has 0 saturated carbocycles. The summed E-state index contributed by atoms with van der Waals surface area (Å²) in [4.78, 5) is 0.144. The largest absolute Gasteiger partial charge is 0.493 e. The molecule has 23 heavy (non-hydrogen) atoms. The van der Waals surface area contributed by atoms with Crippen molar-refractivity contribution < 1.29 is 22.3 Å². The van der Waals surface area contributed by atoms with Crippen LogP contribution in [0.1, 0.15) is 30.2 Å². The Bertz CT molecular complexity index is 797. The maximum absolute atomic E-state index is 12.7. The molecule has 6 nitrogen and oxygen atoms in total. The third kappa shape index (κ3) is 3.07. The summed E-state index contributed by atoms with van der Waals surface area (Å²) in [6.45, 7) is 0. The number of aryl methyl sites for hydroxylation is 1. The number of fused-ring (bicyclic) bond motifs is 1. The molecule has 0 spiro atoms. The molecule has 2 aromatic rings.